The number of aliphatic hydroxyl groups is 2. The molecule has 112 valence electrons. The molecule has 1 aliphatic rings. The molecule has 0 bridgehead atoms. The van der Waals surface area contributed by atoms with Crippen molar-refractivity contribution in [3.05, 3.63) is 30.0 Å². The van der Waals surface area contributed by atoms with E-state index in [1.807, 2.05) is 12.1 Å². The van der Waals surface area contributed by atoms with E-state index >= 15 is 0 Å². The molecule has 2 aromatic rings. The molecule has 1 atom stereocenters. The Bertz CT molecular complexity index is 651. The third-order valence-corrected chi connectivity index (χ3v) is 3.51. The summed E-state index contributed by atoms with van der Waals surface area (Å²) in [5.41, 5.74) is 2.72. The normalized spacial score (nSPS) is 17.3. The molecular weight excluding hydrogens is 270 g/mol. The number of aromatic nitrogens is 3. The van der Waals surface area contributed by atoms with Crippen LogP contribution in [0.3, 0.4) is 0 Å². The predicted molar refractivity (Wildman–Crippen MR) is 77.0 cm³/mol. The smallest absolute Gasteiger partial charge is 0.123 e. The lowest BCUT2D eigenvalue weighted by atomic mass is 9.99. The van der Waals surface area contributed by atoms with Gasteiger partial charge in [-0.25, -0.2) is 4.68 Å². The first kappa shape index (κ1) is 14.0. The van der Waals surface area contributed by atoms with E-state index < -0.39 is 6.10 Å². The van der Waals surface area contributed by atoms with Gasteiger partial charge in [-0.15, -0.1) is 5.10 Å². The van der Waals surface area contributed by atoms with E-state index in [0.29, 0.717) is 0 Å². The van der Waals surface area contributed by atoms with Crippen LogP contribution in [0.5, 0.6) is 5.75 Å². The molecule has 0 fully saturated rings. The van der Waals surface area contributed by atoms with E-state index in [0.717, 1.165) is 23.4 Å². The average Bonchev–Trinajstić information content (AvgIpc) is 2.99. The van der Waals surface area contributed by atoms with E-state index in [2.05, 4.69) is 30.2 Å². The number of ether oxygens (including phenoxy) is 1. The summed E-state index contributed by atoms with van der Waals surface area (Å²) in [6.07, 6.45) is 1.81. The molecule has 21 heavy (non-hydrogen) atoms. The van der Waals surface area contributed by atoms with Crippen molar-refractivity contribution >= 4 is 0 Å². The van der Waals surface area contributed by atoms with Crippen LogP contribution in [0.1, 0.15) is 19.4 Å². The van der Waals surface area contributed by atoms with Gasteiger partial charge >= 0.3 is 0 Å². The van der Waals surface area contributed by atoms with Crippen molar-refractivity contribution in [3.8, 4) is 17.0 Å². The Morgan fingerprint density at radius 1 is 1.43 bits per heavy atom. The molecular formula is C15H19N3O3. The standard InChI is InChI=1S/C15H19N3O3/c1-15(2)6-11-5-10(3-4-14(11)21-15)13-8-18(17-16-13)7-12(20)9-19/h3-5,8,12,19-20H,6-7,9H2,1-2H3/t12-/m1/s1. The third kappa shape index (κ3) is 2.91. The molecule has 0 unspecified atom stereocenters. The molecule has 1 aromatic heterocycles. The summed E-state index contributed by atoms with van der Waals surface area (Å²) in [4.78, 5) is 0. The second-order valence-electron chi connectivity index (χ2n) is 6.02. The Hall–Kier alpha value is -1.92. The summed E-state index contributed by atoms with van der Waals surface area (Å²) in [6, 6.07) is 5.99. The van der Waals surface area contributed by atoms with Crippen molar-refractivity contribution in [2.45, 2.75) is 38.5 Å². The van der Waals surface area contributed by atoms with E-state index in [1.165, 1.54) is 10.2 Å². The first-order chi connectivity index (χ1) is 9.97. The Kier molecular flexibility index (Phi) is 3.43. The van der Waals surface area contributed by atoms with Gasteiger partial charge < -0.3 is 14.9 Å². The van der Waals surface area contributed by atoms with Crippen molar-refractivity contribution in [1.82, 2.24) is 15.0 Å². The number of fused-ring (bicyclic) bond motifs is 1. The van der Waals surface area contributed by atoms with Crippen molar-refractivity contribution in [2.75, 3.05) is 6.61 Å². The lowest BCUT2D eigenvalue weighted by Gasteiger charge is -2.16. The van der Waals surface area contributed by atoms with Crippen molar-refractivity contribution in [1.29, 1.82) is 0 Å². The first-order valence-electron chi connectivity index (χ1n) is 6.98. The lowest BCUT2D eigenvalue weighted by Crippen LogP contribution is -2.24. The molecule has 2 N–H and O–H groups in total. The number of benzene rings is 1. The Labute approximate surface area is 123 Å². The van der Waals surface area contributed by atoms with Crippen LogP contribution >= 0.6 is 0 Å². The topological polar surface area (TPSA) is 80.4 Å². The van der Waals surface area contributed by atoms with Gasteiger partial charge in [-0.3, -0.25) is 0 Å². The fourth-order valence-corrected chi connectivity index (χ4v) is 2.56. The van der Waals surface area contributed by atoms with Crippen molar-refractivity contribution in [3.63, 3.8) is 0 Å². The van der Waals surface area contributed by atoms with Crippen LogP contribution in [0.2, 0.25) is 0 Å². The zero-order valence-corrected chi connectivity index (χ0v) is 12.2. The highest BCUT2D eigenvalue weighted by atomic mass is 16.5. The van der Waals surface area contributed by atoms with Crippen LogP contribution in [0.15, 0.2) is 24.4 Å². The molecule has 0 aliphatic carbocycles. The number of hydrogen-bond acceptors (Lipinski definition) is 5. The zero-order valence-electron chi connectivity index (χ0n) is 12.2. The molecule has 0 amide bonds. The molecule has 0 spiro atoms. The molecule has 1 aliphatic heterocycles. The number of hydrogen-bond donors (Lipinski definition) is 2. The third-order valence-electron chi connectivity index (χ3n) is 3.51. The predicted octanol–water partition coefficient (Wildman–Crippen LogP) is 1.01. The van der Waals surface area contributed by atoms with Gasteiger partial charge in [0.15, 0.2) is 0 Å². The van der Waals surface area contributed by atoms with Gasteiger partial charge in [0.25, 0.3) is 0 Å². The summed E-state index contributed by atoms with van der Waals surface area (Å²) in [7, 11) is 0. The second kappa shape index (κ2) is 5.13. The van der Waals surface area contributed by atoms with Crippen LogP contribution in [-0.2, 0) is 13.0 Å². The largest absolute Gasteiger partial charge is 0.487 e. The molecule has 0 saturated heterocycles. The van der Waals surface area contributed by atoms with Gasteiger partial charge in [-0.05, 0) is 37.6 Å². The highest BCUT2D eigenvalue weighted by Crippen LogP contribution is 2.36. The van der Waals surface area contributed by atoms with E-state index in [9.17, 15) is 5.11 Å². The van der Waals surface area contributed by atoms with Crippen LogP contribution in [0.25, 0.3) is 11.3 Å². The van der Waals surface area contributed by atoms with E-state index in [-0.39, 0.29) is 18.8 Å². The minimum Gasteiger partial charge on any atom is -0.487 e. The molecule has 0 radical (unpaired) electrons. The minimum atomic E-state index is -0.825. The summed E-state index contributed by atoms with van der Waals surface area (Å²) >= 11 is 0. The van der Waals surface area contributed by atoms with Crippen molar-refractivity contribution < 1.29 is 14.9 Å². The fourth-order valence-electron chi connectivity index (χ4n) is 2.56. The van der Waals surface area contributed by atoms with Crippen LogP contribution in [-0.4, -0.2) is 43.5 Å². The maximum Gasteiger partial charge on any atom is 0.123 e. The van der Waals surface area contributed by atoms with Gasteiger partial charge in [0.2, 0.25) is 0 Å². The number of nitrogens with zero attached hydrogens (tertiary/aromatic N) is 3. The quantitative estimate of drug-likeness (QED) is 0.878. The van der Waals surface area contributed by atoms with E-state index in [4.69, 9.17) is 9.84 Å². The lowest BCUT2D eigenvalue weighted by molar-refractivity contribution is 0.0778. The summed E-state index contributed by atoms with van der Waals surface area (Å²) in [5, 5.41) is 26.4. The van der Waals surface area contributed by atoms with Crippen molar-refractivity contribution in [2.24, 2.45) is 0 Å². The summed E-state index contributed by atoms with van der Waals surface area (Å²) in [5.74, 6) is 0.923. The number of aliphatic hydroxyl groups excluding tert-OH is 2. The highest BCUT2D eigenvalue weighted by Gasteiger charge is 2.30. The van der Waals surface area contributed by atoms with Gasteiger partial charge in [0, 0.05) is 12.0 Å². The minimum absolute atomic E-state index is 0.163. The Morgan fingerprint density at radius 2 is 2.24 bits per heavy atom. The van der Waals surface area contributed by atoms with Gasteiger partial charge in [0.1, 0.15) is 17.0 Å². The average molecular weight is 289 g/mol. The highest BCUT2D eigenvalue weighted by molar-refractivity contribution is 5.62. The zero-order chi connectivity index (χ0) is 15.0. The van der Waals surface area contributed by atoms with Gasteiger partial charge in [0.05, 0.1) is 25.5 Å². The Balaban J connectivity index is 1.83. The molecule has 0 saturated carbocycles. The van der Waals surface area contributed by atoms with Gasteiger partial charge in [-0.1, -0.05) is 5.21 Å². The Morgan fingerprint density at radius 3 is 3.00 bits per heavy atom. The second-order valence-corrected chi connectivity index (χ2v) is 6.02. The summed E-state index contributed by atoms with van der Waals surface area (Å²) < 4.78 is 7.39. The van der Waals surface area contributed by atoms with Crippen LogP contribution in [0.4, 0.5) is 0 Å². The SMILES string of the molecule is CC1(C)Cc2cc(-c3cn(C[C@@H](O)CO)nn3)ccc2O1. The van der Waals surface area contributed by atoms with Crippen LogP contribution in [0, 0.1) is 0 Å². The van der Waals surface area contributed by atoms with Crippen LogP contribution < -0.4 is 4.74 Å². The summed E-state index contributed by atoms with van der Waals surface area (Å²) in [6.45, 7) is 4.07. The first-order valence-corrected chi connectivity index (χ1v) is 6.98. The van der Waals surface area contributed by atoms with Gasteiger partial charge in [-0.2, -0.15) is 0 Å². The number of rotatable bonds is 4. The fraction of sp³-hybridized carbons (Fsp3) is 0.467. The monoisotopic (exact) mass is 289 g/mol. The molecule has 6 nitrogen and oxygen atoms in total. The molecule has 3 rings (SSSR count). The molecule has 2 heterocycles. The molecule has 6 heteroatoms. The maximum atomic E-state index is 9.42. The van der Waals surface area contributed by atoms with E-state index in [1.54, 1.807) is 6.20 Å². The molecule has 1 aromatic carbocycles. The maximum absolute atomic E-state index is 9.42.